The van der Waals surface area contributed by atoms with Crippen LogP contribution in [0.5, 0.6) is 0 Å². The number of rotatable bonds is 3. The van der Waals surface area contributed by atoms with Crippen molar-refractivity contribution in [2.45, 2.75) is 31.7 Å². The number of halogens is 1. The Morgan fingerprint density at radius 1 is 1.23 bits per heavy atom. The average molecular weight is 423 g/mol. The first-order valence-electron chi connectivity index (χ1n) is 9.39. The predicted octanol–water partition coefficient (Wildman–Crippen LogP) is 4.53. The third kappa shape index (κ3) is 2.77. The maximum atomic E-state index is 14.6. The summed E-state index contributed by atoms with van der Waals surface area (Å²) in [6, 6.07) is 9.24. The zero-order valence-corrected chi connectivity index (χ0v) is 17.3. The van der Waals surface area contributed by atoms with Crippen LogP contribution in [-0.4, -0.2) is 29.6 Å². The third-order valence-corrected chi connectivity index (χ3v) is 6.13. The van der Waals surface area contributed by atoms with Crippen LogP contribution in [0.3, 0.4) is 0 Å². The van der Waals surface area contributed by atoms with Gasteiger partial charge in [-0.15, -0.1) is 0 Å². The van der Waals surface area contributed by atoms with Gasteiger partial charge in [0.2, 0.25) is 0 Å². The van der Waals surface area contributed by atoms with Gasteiger partial charge in [-0.25, -0.2) is 14.0 Å². The summed E-state index contributed by atoms with van der Waals surface area (Å²) in [5.41, 5.74) is 1.20. The van der Waals surface area contributed by atoms with E-state index in [-0.39, 0.29) is 16.6 Å². The van der Waals surface area contributed by atoms with E-state index in [1.165, 1.54) is 24.1 Å². The zero-order valence-electron chi connectivity index (χ0n) is 16.4. The van der Waals surface area contributed by atoms with Crippen LogP contribution in [0.1, 0.15) is 35.2 Å². The topological polar surface area (TPSA) is 54.2 Å². The molecule has 0 radical (unpaired) electrons. The van der Waals surface area contributed by atoms with Crippen LogP contribution >= 0.6 is 12.2 Å². The Morgan fingerprint density at radius 3 is 2.47 bits per heavy atom. The first-order chi connectivity index (χ1) is 14.3. The Labute approximate surface area is 178 Å². The molecule has 2 aromatic carbocycles. The molecule has 2 aromatic rings. The van der Waals surface area contributed by atoms with Gasteiger partial charge in [0.05, 0.1) is 19.2 Å². The molecule has 1 aliphatic carbocycles. The minimum absolute atomic E-state index is 0.161. The van der Waals surface area contributed by atoms with Crippen molar-refractivity contribution in [3.8, 4) is 0 Å². The molecule has 0 bridgehead atoms. The molecule has 1 aliphatic heterocycles. The minimum atomic E-state index is -0.858. The Morgan fingerprint density at radius 2 is 1.93 bits per heavy atom. The van der Waals surface area contributed by atoms with Crippen LogP contribution in [-0.2, 0) is 9.53 Å². The summed E-state index contributed by atoms with van der Waals surface area (Å²) < 4.78 is 19.2. The molecule has 1 heterocycles. The number of thiocarbonyl (C=S) groups is 1. The van der Waals surface area contributed by atoms with Crippen molar-refractivity contribution in [1.29, 1.82) is 0 Å². The monoisotopic (exact) mass is 423 g/mol. The van der Waals surface area contributed by atoms with Crippen LogP contribution in [0.25, 0.3) is 4.85 Å². The van der Waals surface area contributed by atoms with Gasteiger partial charge in [-0.3, -0.25) is 9.69 Å². The van der Waals surface area contributed by atoms with E-state index >= 15 is 0 Å². The summed E-state index contributed by atoms with van der Waals surface area (Å²) in [6.07, 6.45) is 2.06. The van der Waals surface area contributed by atoms with E-state index in [4.69, 9.17) is 18.8 Å². The van der Waals surface area contributed by atoms with Crippen LogP contribution < -0.4 is 9.80 Å². The Hall–Kier alpha value is -3.31. The number of anilines is 2. The fraction of sp³-hybridized carbons (Fsp3) is 0.273. The van der Waals surface area contributed by atoms with Crippen LogP contribution in [0, 0.1) is 19.3 Å². The molecule has 4 rings (SSSR count). The number of hydrogen-bond acceptors (Lipinski definition) is 4. The molecule has 0 unspecified atom stereocenters. The molecule has 1 saturated carbocycles. The molecule has 152 valence electrons. The summed E-state index contributed by atoms with van der Waals surface area (Å²) in [5.74, 6) is -1.67. The van der Waals surface area contributed by atoms with Gasteiger partial charge in [0.25, 0.3) is 5.91 Å². The highest BCUT2D eigenvalue weighted by Gasteiger charge is 2.59. The first kappa shape index (κ1) is 20.0. The lowest BCUT2D eigenvalue weighted by molar-refractivity contribution is -0.123. The van der Waals surface area contributed by atoms with Crippen LogP contribution in [0.2, 0.25) is 0 Å². The SMILES string of the molecule is [C-]#[N+]c1ccc(N2C(=O)C3(CCC3)N(c3ccc(C(=O)OC)c(F)c3)C2=S)cc1C. The maximum Gasteiger partial charge on any atom is 0.340 e. The van der Waals surface area contributed by atoms with Gasteiger partial charge in [-0.1, -0.05) is 6.07 Å². The van der Waals surface area contributed by atoms with Crippen molar-refractivity contribution in [3.05, 3.63) is 64.8 Å². The molecule has 1 spiro atoms. The second kappa shape index (κ2) is 7.18. The maximum absolute atomic E-state index is 14.6. The lowest BCUT2D eigenvalue weighted by Crippen LogP contribution is -2.55. The van der Waals surface area contributed by atoms with Gasteiger partial charge < -0.3 is 9.64 Å². The molecule has 0 N–H and O–H groups in total. The standard InChI is InChI=1S/C22H18FN3O3S/c1-13-11-14(6-8-18(13)24-2)25-20(28)22(9-4-10-22)26(21(25)30)15-5-7-16(17(23)12-15)19(27)29-3/h5-8,11-12H,4,9-10H2,1,3H3. The first-order valence-corrected chi connectivity index (χ1v) is 9.79. The Balaban J connectivity index is 1.78. The van der Waals surface area contributed by atoms with Gasteiger partial charge in [0, 0.05) is 11.4 Å². The number of esters is 1. The smallest absolute Gasteiger partial charge is 0.340 e. The summed E-state index contributed by atoms with van der Waals surface area (Å²) in [4.78, 5) is 31.8. The molecule has 0 aromatic heterocycles. The van der Waals surface area contributed by atoms with Gasteiger partial charge in [-0.05, 0) is 74.3 Å². The molecule has 2 aliphatic rings. The predicted molar refractivity (Wildman–Crippen MR) is 114 cm³/mol. The summed E-state index contributed by atoms with van der Waals surface area (Å²) in [6.45, 7) is 9.02. The number of aryl methyl sites for hydroxylation is 1. The van der Waals surface area contributed by atoms with Gasteiger partial charge >= 0.3 is 5.97 Å². The number of nitrogens with zero attached hydrogens (tertiary/aromatic N) is 3. The van der Waals surface area contributed by atoms with Crippen molar-refractivity contribution in [1.82, 2.24) is 0 Å². The third-order valence-electron chi connectivity index (χ3n) is 5.77. The molecular weight excluding hydrogens is 405 g/mol. The highest BCUT2D eigenvalue weighted by Crippen LogP contribution is 2.48. The summed E-state index contributed by atoms with van der Waals surface area (Å²) in [7, 11) is 1.19. The average Bonchev–Trinajstić information content (AvgIpc) is 2.94. The van der Waals surface area contributed by atoms with Gasteiger partial charge in [-0.2, -0.15) is 0 Å². The molecule has 1 saturated heterocycles. The molecule has 6 nitrogen and oxygen atoms in total. The van der Waals surface area contributed by atoms with Crippen molar-refractivity contribution in [2.24, 2.45) is 0 Å². The van der Waals surface area contributed by atoms with Crippen LogP contribution in [0.15, 0.2) is 36.4 Å². The molecule has 8 heteroatoms. The highest BCUT2D eigenvalue weighted by molar-refractivity contribution is 7.81. The van der Waals surface area contributed by atoms with E-state index in [0.29, 0.717) is 29.9 Å². The number of benzene rings is 2. The van der Waals surface area contributed by atoms with E-state index in [0.717, 1.165) is 12.0 Å². The number of ether oxygens (including phenoxy) is 1. The molecule has 1 amide bonds. The van der Waals surface area contributed by atoms with Crippen molar-refractivity contribution >= 4 is 46.3 Å². The fourth-order valence-electron chi connectivity index (χ4n) is 4.03. The van der Waals surface area contributed by atoms with E-state index in [1.54, 1.807) is 36.1 Å². The Bertz CT molecular complexity index is 1140. The normalized spacial score (nSPS) is 17.1. The number of amides is 1. The summed E-state index contributed by atoms with van der Waals surface area (Å²) >= 11 is 5.66. The highest BCUT2D eigenvalue weighted by atomic mass is 32.1. The number of carbonyl (C=O) groups is 2. The van der Waals surface area contributed by atoms with Crippen molar-refractivity contribution in [2.75, 3.05) is 16.9 Å². The largest absolute Gasteiger partial charge is 0.465 e. The number of methoxy groups -OCH3 is 1. The van der Waals surface area contributed by atoms with Crippen LogP contribution in [0.4, 0.5) is 21.5 Å². The number of hydrogen-bond donors (Lipinski definition) is 0. The molecular formula is C22H18FN3O3S. The molecule has 30 heavy (non-hydrogen) atoms. The van der Waals surface area contributed by atoms with Crippen molar-refractivity contribution < 1.29 is 18.7 Å². The Kier molecular flexibility index (Phi) is 4.79. The lowest BCUT2D eigenvalue weighted by Gasteiger charge is -2.43. The second-order valence-electron chi connectivity index (χ2n) is 7.38. The van der Waals surface area contributed by atoms with Gasteiger partial charge in [0.15, 0.2) is 10.8 Å². The van der Waals surface area contributed by atoms with E-state index in [2.05, 4.69) is 9.58 Å². The van der Waals surface area contributed by atoms with E-state index < -0.39 is 17.3 Å². The minimum Gasteiger partial charge on any atom is -0.465 e. The van der Waals surface area contributed by atoms with E-state index in [1.807, 2.05) is 0 Å². The quantitative estimate of drug-likeness (QED) is 0.412. The molecule has 0 atom stereocenters. The lowest BCUT2D eigenvalue weighted by atomic mass is 9.75. The fourth-order valence-corrected chi connectivity index (χ4v) is 4.50. The zero-order chi connectivity index (χ0) is 21.6. The number of carbonyl (C=O) groups excluding carboxylic acids is 2. The van der Waals surface area contributed by atoms with E-state index in [9.17, 15) is 14.0 Å². The second-order valence-corrected chi connectivity index (χ2v) is 7.75. The van der Waals surface area contributed by atoms with Crippen molar-refractivity contribution in [3.63, 3.8) is 0 Å². The van der Waals surface area contributed by atoms with Gasteiger partial charge in [0.1, 0.15) is 11.4 Å². The summed E-state index contributed by atoms with van der Waals surface area (Å²) in [5, 5.41) is 0.250. The molecule has 2 fully saturated rings.